The lowest BCUT2D eigenvalue weighted by Crippen LogP contribution is -2.19. The summed E-state index contributed by atoms with van der Waals surface area (Å²) in [5, 5.41) is 0.647. The van der Waals surface area contributed by atoms with Gasteiger partial charge in [0, 0.05) is 30.2 Å². The molecular formula is C24H24ClN2O7PS. The van der Waals surface area contributed by atoms with Crippen molar-refractivity contribution in [3.05, 3.63) is 70.2 Å². The normalized spacial score (nSPS) is 12.6. The first-order valence-corrected chi connectivity index (χ1v) is 13.4. The van der Waals surface area contributed by atoms with Gasteiger partial charge in [-0.05, 0) is 42.8 Å². The number of benzene rings is 2. The summed E-state index contributed by atoms with van der Waals surface area (Å²) in [5.74, 6) is 0.825. The zero-order valence-electron chi connectivity index (χ0n) is 20.0. The average Bonchev–Trinajstić information content (AvgIpc) is 3.33. The Kier molecular flexibility index (Phi) is 8.14. The number of nitrogens with zero attached hydrogens (tertiary/aromatic N) is 2. The molecule has 4 rings (SSSR count). The minimum absolute atomic E-state index is 0.0581. The molecule has 190 valence electrons. The fraction of sp³-hybridized carbons (Fsp3) is 0.250. The van der Waals surface area contributed by atoms with Gasteiger partial charge in [0.1, 0.15) is 23.7 Å². The van der Waals surface area contributed by atoms with Crippen molar-refractivity contribution in [1.82, 2.24) is 9.55 Å². The standard InChI is InChI=1S/C24H24ClN2O7PS/c1-15(34-35(29,31-3)32-4)13-33-20-10-9-18(11-21(20)30-2)27-14-26-19-12-22(36-23(19)24(27)28)16-5-7-17(25)8-6-16/h5-12,14-15H,13H2,1-4H3. The fourth-order valence-corrected chi connectivity index (χ4v) is 5.39. The van der Waals surface area contributed by atoms with E-state index in [-0.39, 0.29) is 12.2 Å². The summed E-state index contributed by atoms with van der Waals surface area (Å²) >= 11 is 7.36. The third kappa shape index (κ3) is 5.64. The SMILES string of the molecule is COc1cc(-n2cnc3cc(-c4ccc(Cl)cc4)sc3c2=O)ccc1OCC(C)OP(=O)(OC)OC. The second kappa shape index (κ2) is 11.1. The van der Waals surface area contributed by atoms with E-state index in [4.69, 9.17) is 34.6 Å². The number of phosphoric ester groups is 1. The molecule has 0 aliphatic rings. The van der Waals surface area contributed by atoms with Crippen LogP contribution in [0.5, 0.6) is 11.5 Å². The fourth-order valence-electron chi connectivity index (χ4n) is 3.40. The Morgan fingerprint density at radius 3 is 2.44 bits per heavy atom. The van der Waals surface area contributed by atoms with Gasteiger partial charge in [0.2, 0.25) is 0 Å². The Morgan fingerprint density at radius 1 is 1.06 bits per heavy atom. The number of fused-ring (bicyclic) bond motifs is 1. The highest BCUT2D eigenvalue weighted by Crippen LogP contribution is 2.48. The van der Waals surface area contributed by atoms with Crippen molar-refractivity contribution in [2.75, 3.05) is 27.9 Å². The van der Waals surface area contributed by atoms with Crippen LogP contribution in [-0.4, -0.2) is 43.6 Å². The molecule has 2 aromatic heterocycles. The van der Waals surface area contributed by atoms with Crippen molar-refractivity contribution < 1.29 is 27.6 Å². The zero-order chi connectivity index (χ0) is 25.9. The Hall–Kier alpha value is -2.72. The minimum Gasteiger partial charge on any atom is -0.493 e. The molecule has 9 nitrogen and oxygen atoms in total. The number of phosphoric acid groups is 1. The smallest absolute Gasteiger partial charge is 0.474 e. The van der Waals surface area contributed by atoms with Crippen LogP contribution >= 0.6 is 30.8 Å². The predicted octanol–water partition coefficient (Wildman–Crippen LogP) is 5.96. The van der Waals surface area contributed by atoms with Crippen molar-refractivity contribution >= 4 is 41.0 Å². The number of rotatable bonds is 10. The predicted molar refractivity (Wildman–Crippen MR) is 140 cm³/mol. The van der Waals surface area contributed by atoms with Gasteiger partial charge in [0.15, 0.2) is 11.5 Å². The molecule has 0 aliphatic heterocycles. The number of thiophene rings is 1. The van der Waals surface area contributed by atoms with E-state index < -0.39 is 13.9 Å². The third-order valence-corrected chi connectivity index (χ3v) is 8.15. The Balaban J connectivity index is 1.58. The van der Waals surface area contributed by atoms with Crippen molar-refractivity contribution in [2.45, 2.75) is 13.0 Å². The molecular weight excluding hydrogens is 527 g/mol. The van der Waals surface area contributed by atoms with Crippen LogP contribution in [0.3, 0.4) is 0 Å². The summed E-state index contributed by atoms with van der Waals surface area (Å²) in [6.45, 7) is 1.73. The molecule has 0 amide bonds. The first kappa shape index (κ1) is 26.3. The van der Waals surface area contributed by atoms with E-state index >= 15 is 0 Å². The topological polar surface area (TPSA) is 98.1 Å². The third-order valence-electron chi connectivity index (χ3n) is 5.22. The molecule has 0 radical (unpaired) electrons. The summed E-state index contributed by atoms with van der Waals surface area (Å²) in [6, 6.07) is 14.4. The molecule has 4 aromatic rings. The Bertz CT molecular complexity index is 1460. The lowest BCUT2D eigenvalue weighted by Gasteiger charge is -2.20. The molecule has 36 heavy (non-hydrogen) atoms. The number of hydrogen-bond acceptors (Lipinski definition) is 9. The molecule has 0 bridgehead atoms. The molecule has 0 saturated carbocycles. The average molecular weight is 551 g/mol. The highest BCUT2D eigenvalue weighted by atomic mass is 35.5. The van der Waals surface area contributed by atoms with Crippen molar-refractivity contribution in [3.63, 3.8) is 0 Å². The van der Waals surface area contributed by atoms with Crippen molar-refractivity contribution in [2.24, 2.45) is 0 Å². The van der Waals surface area contributed by atoms with Gasteiger partial charge in [-0.15, -0.1) is 11.3 Å². The molecule has 0 aliphatic carbocycles. The number of ether oxygens (including phenoxy) is 2. The summed E-state index contributed by atoms with van der Waals surface area (Å²) in [5.41, 5.74) is 1.95. The summed E-state index contributed by atoms with van der Waals surface area (Å²) in [6.07, 6.45) is 0.893. The molecule has 12 heteroatoms. The van der Waals surface area contributed by atoms with Crippen LogP contribution in [0.15, 0.2) is 59.7 Å². The van der Waals surface area contributed by atoms with Crippen LogP contribution in [0.4, 0.5) is 0 Å². The second-order valence-corrected chi connectivity index (χ2v) is 11.0. The van der Waals surface area contributed by atoms with Gasteiger partial charge in [-0.2, -0.15) is 0 Å². The molecule has 0 spiro atoms. The van der Waals surface area contributed by atoms with E-state index in [1.807, 2.05) is 30.3 Å². The molecule has 0 fully saturated rings. The maximum atomic E-state index is 13.3. The van der Waals surface area contributed by atoms with Gasteiger partial charge in [0.05, 0.1) is 18.3 Å². The van der Waals surface area contributed by atoms with Gasteiger partial charge in [-0.1, -0.05) is 23.7 Å². The number of hydrogen-bond donors (Lipinski definition) is 0. The van der Waals surface area contributed by atoms with E-state index in [1.165, 1.54) is 43.6 Å². The molecule has 0 saturated heterocycles. The van der Waals surface area contributed by atoms with Crippen LogP contribution in [0.2, 0.25) is 5.02 Å². The van der Waals surface area contributed by atoms with Crippen LogP contribution in [-0.2, 0) is 18.1 Å². The van der Waals surface area contributed by atoms with Crippen LogP contribution in [0, 0.1) is 0 Å². The van der Waals surface area contributed by atoms with Gasteiger partial charge >= 0.3 is 7.82 Å². The van der Waals surface area contributed by atoms with Crippen LogP contribution in [0.1, 0.15) is 6.92 Å². The maximum absolute atomic E-state index is 13.3. The van der Waals surface area contributed by atoms with Gasteiger partial charge in [-0.25, -0.2) is 9.55 Å². The van der Waals surface area contributed by atoms with E-state index in [0.29, 0.717) is 32.4 Å². The Morgan fingerprint density at radius 2 is 1.78 bits per heavy atom. The van der Waals surface area contributed by atoms with E-state index in [0.717, 1.165) is 10.4 Å². The Labute approximate surface area is 216 Å². The summed E-state index contributed by atoms with van der Waals surface area (Å²) < 4.78 is 40.2. The zero-order valence-corrected chi connectivity index (χ0v) is 22.4. The van der Waals surface area contributed by atoms with Crippen molar-refractivity contribution in [3.8, 4) is 27.6 Å². The summed E-state index contributed by atoms with van der Waals surface area (Å²) in [4.78, 5) is 18.7. The van der Waals surface area contributed by atoms with Crippen LogP contribution in [0.25, 0.3) is 26.3 Å². The highest BCUT2D eigenvalue weighted by Gasteiger charge is 2.26. The number of methoxy groups -OCH3 is 1. The van der Waals surface area contributed by atoms with Crippen LogP contribution < -0.4 is 15.0 Å². The minimum atomic E-state index is -3.63. The molecule has 1 unspecified atom stereocenters. The van der Waals surface area contributed by atoms with Gasteiger partial charge < -0.3 is 9.47 Å². The molecule has 2 aromatic carbocycles. The maximum Gasteiger partial charge on any atom is 0.474 e. The van der Waals surface area contributed by atoms with Crippen molar-refractivity contribution in [1.29, 1.82) is 0 Å². The quantitative estimate of drug-likeness (QED) is 0.223. The first-order chi connectivity index (χ1) is 17.3. The second-order valence-electron chi connectivity index (χ2n) is 7.63. The van der Waals surface area contributed by atoms with E-state index in [2.05, 4.69) is 4.98 Å². The van der Waals surface area contributed by atoms with Gasteiger partial charge in [-0.3, -0.25) is 22.9 Å². The molecule has 1 atom stereocenters. The monoisotopic (exact) mass is 550 g/mol. The first-order valence-electron chi connectivity index (χ1n) is 10.7. The van der Waals surface area contributed by atoms with E-state index in [1.54, 1.807) is 25.1 Å². The largest absolute Gasteiger partial charge is 0.493 e. The highest BCUT2D eigenvalue weighted by molar-refractivity contribution is 7.48. The lowest BCUT2D eigenvalue weighted by molar-refractivity contribution is 0.0814. The van der Waals surface area contributed by atoms with E-state index in [9.17, 15) is 9.36 Å². The number of aromatic nitrogens is 2. The van der Waals surface area contributed by atoms with Gasteiger partial charge in [0.25, 0.3) is 5.56 Å². The molecule has 0 N–H and O–H groups in total. The lowest BCUT2D eigenvalue weighted by atomic mass is 10.2. The number of halogens is 1. The molecule has 2 heterocycles. The summed E-state index contributed by atoms with van der Waals surface area (Å²) in [7, 11) is 0.342.